The van der Waals surface area contributed by atoms with Gasteiger partial charge in [0.1, 0.15) is 5.15 Å². The van der Waals surface area contributed by atoms with E-state index in [1.807, 2.05) is 27.7 Å². The highest BCUT2D eigenvalue weighted by molar-refractivity contribution is 6.52. The van der Waals surface area contributed by atoms with Gasteiger partial charge in [0, 0.05) is 12.3 Å². The number of aromatic nitrogens is 1. The summed E-state index contributed by atoms with van der Waals surface area (Å²) in [6.07, 6.45) is 3.14. The molecule has 0 aromatic carbocycles. The number of hydrogen-bond acceptors (Lipinski definition) is 3. The molecule has 0 saturated carbocycles. The number of halogens is 1. The van der Waals surface area contributed by atoms with Crippen LogP contribution in [-0.4, -0.2) is 23.3 Å². The largest absolute Gasteiger partial charge is 0.487 e. The zero-order valence-electron chi connectivity index (χ0n) is 11.5. The van der Waals surface area contributed by atoms with Gasteiger partial charge in [-0.2, -0.15) is 0 Å². The second-order valence-electron chi connectivity index (χ2n) is 5.55. The predicted molar refractivity (Wildman–Crippen MR) is 77.2 cm³/mol. The summed E-state index contributed by atoms with van der Waals surface area (Å²) < 4.78 is 11.6. The van der Waals surface area contributed by atoms with Crippen molar-refractivity contribution < 1.29 is 9.31 Å². The Morgan fingerprint density at radius 3 is 2.37 bits per heavy atom. The van der Waals surface area contributed by atoms with Crippen molar-refractivity contribution in [2.75, 3.05) is 0 Å². The van der Waals surface area contributed by atoms with E-state index in [9.17, 15) is 4.79 Å². The minimum absolute atomic E-state index is 0.142. The number of H-pyrrole nitrogens is 1. The molecule has 4 nitrogen and oxygen atoms in total. The highest BCUT2D eigenvalue weighted by atomic mass is 35.5. The van der Waals surface area contributed by atoms with Crippen LogP contribution < -0.4 is 5.43 Å². The quantitative estimate of drug-likeness (QED) is 0.670. The minimum Gasteiger partial charge on any atom is -0.400 e. The number of nitrogens with one attached hydrogen (secondary N) is 1. The van der Waals surface area contributed by atoms with E-state index in [-0.39, 0.29) is 5.43 Å². The zero-order chi connectivity index (χ0) is 14.3. The maximum atomic E-state index is 11.7. The molecule has 1 aliphatic rings. The molecule has 6 heteroatoms. The molecule has 0 unspecified atom stereocenters. The summed E-state index contributed by atoms with van der Waals surface area (Å²) >= 11 is 5.94. The summed E-state index contributed by atoms with van der Waals surface area (Å²) in [6, 6.07) is 1.43. The first-order valence-corrected chi connectivity index (χ1v) is 6.52. The Labute approximate surface area is 117 Å². The maximum absolute atomic E-state index is 11.7. The van der Waals surface area contributed by atoms with E-state index in [4.69, 9.17) is 20.9 Å². The van der Waals surface area contributed by atoms with Crippen LogP contribution in [0.1, 0.15) is 33.3 Å². The lowest BCUT2D eigenvalue weighted by atomic mass is 9.89. The van der Waals surface area contributed by atoms with Gasteiger partial charge in [-0.15, -0.1) is 0 Å². The predicted octanol–water partition coefficient (Wildman–Crippen LogP) is 2.67. The van der Waals surface area contributed by atoms with E-state index in [2.05, 4.69) is 4.98 Å². The lowest BCUT2D eigenvalue weighted by Crippen LogP contribution is -2.41. The smallest absolute Gasteiger partial charge is 0.400 e. The van der Waals surface area contributed by atoms with E-state index < -0.39 is 18.3 Å². The average Bonchev–Trinajstić information content (AvgIpc) is 2.46. The summed E-state index contributed by atoms with van der Waals surface area (Å²) in [5.41, 5.74) is -0.528. The summed E-state index contributed by atoms with van der Waals surface area (Å²) in [5.74, 6) is 1.70. The van der Waals surface area contributed by atoms with Gasteiger partial charge in [-0.25, -0.2) is 0 Å². The summed E-state index contributed by atoms with van der Waals surface area (Å²) in [7, 11) is -0.485. The van der Waals surface area contributed by atoms with E-state index in [0.29, 0.717) is 10.7 Å². The van der Waals surface area contributed by atoms with Crippen molar-refractivity contribution in [3.8, 4) is 0 Å². The van der Waals surface area contributed by atoms with Crippen LogP contribution >= 0.6 is 11.6 Å². The average molecular weight is 282 g/mol. The van der Waals surface area contributed by atoms with Gasteiger partial charge in [-0.05, 0) is 27.7 Å². The van der Waals surface area contributed by atoms with E-state index in [1.54, 1.807) is 12.1 Å². The molecule has 1 saturated heterocycles. The Balaban J connectivity index is 2.20. The Morgan fingerprint density at radius 1 is 1.26 bits per heavy atom. The van der Waals surface area contributed by atoms with Crippen molar-refractivity contribution in [2.45, 2.75) is 38.9 Å². The SMILES string of the molecule is CC1(C)OB(/C=C/c2c(Cl)[nH]ccc2=O)OC1(C)C. The van der Waals surface area contributed by atoms with Crippen LogP contribution in [0.5, 0.6) is 0 Å². The summed E-state index contributed by atoms with van der Waals surface area (Å²) in [4.78, 5) is 14.4. The Bertz CT molecular complexity index is 549. The van der Waals surface area contributed by atoms with E-state index in [1.165, 1.54) is 12.3 Å². The maximum Gasteiger partial charge on any atom is 0.487 e. The van der Waals surface area contributed by atoms with Crippen LogP contribution in [0, 0.1) is 0 Å². The van der Waals surface area contributed by atoms with Gasteiger partial charge >= 0.3 is 7.12 Å². The molecule has 19 heavy (non-hydrogen) atoms. The number of pyridine rings is 1. The first kappa shape index (κ1) is 14.4. The van der Waals surface area contributed by atoms with Crippen LogP contribution in [0.4, 0.5) is 0 Å². The van der Waals surface area contributed by atoms with Crippen molar-refractivity contribution in [1.82, 2.24) is 4.98 Å². The second kappa shape index (κ2) is 4.82. The monoisotopic (exact) mass is 281 g/mol. The molecule has 1 aromatic rings. The van der Waals surface area contributed by atoms with Crippen molar-refractivity contribution in [3.63, 3.8) is 0 Å². The molecule has 102 valence electrons. The molecular weight excluding hydrogens is 264 g/mol. The molecule has 1 N–H and O–H groups in total. The fourth-order valence-corrected chi connectivity index (χ4v) is 1.98. The molecule has 0 spiro atoms. The molecule has 0 atom stereocenters. The van der Waals surface area contributed by atoms with Gasteiger partial charge in [0.15, 0.2) is 5.43 Å². The van der Waals surface area contributed by atoms with Crippen LogP contribution in [-0.2, 0) is 9.31 Å². The third kappa shape index (κ3) is 2.78. The normalized spacial score (nSPS) is 21.2. The lowest BCUT2D eigenvalue weighted by Gasteiger charge is -2.32. The Kier molecular flexibility index (Phi) is 3.64. The number of rotatable bonds is 2. The van der Waals surface area contributed by atoms with Crippen LogP contribution in [0.2, 0.25) is 5.15 Å². The third-order valence-electron chi connectivity index (χ3n) is 3.64. The fraction of sp³-hybridized carbons (Fsp3) is 0.462. The van der Waals surface area contributed by atoms with Crippen LogP contribution in [0.3, 0.4) is 0 Å². The van der Waals surface area contributed by atoms with E-state index >= 15 is 0 Å². The highest BCUT2D eigenvalue weighted by Gasteiger charge is 2.50. The second-order valence-corrected chi connectivity index (χ2v) is 5.93. The van der Waals surface area contributed by atoms with Crippen molar-refractivity contribution in [2.24, 2.45) is 0 Å². The molecule has 0 amide bonds. The number of hydrogen-bond donors (Lipinski definition) is 1. The summed E-state index contributed by atoms with van der Waals surface area (Å²) in [5, 5.41) is 0.306. The Hall–Kier alpha value is -1.04. The van der Waals surface area contributed by atoms with Gasteiger partial charge in [-0.3, -0.25) is 4.79 Å². The van der Waals surface area contributed by atoms with Gasteiger partial charge in [-0.1, -0.05) is 23.7 Å². The first-order chi connectivity index (χ1) is 8.73. The van der Waals surface area contributed by atoms with Crippen LogP contribution in [0.25, 0.3) is 6.08 Å². The standard InChI is InChI=1S/C13H17BClNO3/c1-12(2)13(3,4)19-14(18-12)7-5-9-10(17)6-8-16-11(9)15/h5-8H,1-4H3,(H,16,17)/b7-5+. The molecule has 0 bridgehead atoms. The van der Waals surface area contributed by atoms with Gasteiger partial charge in [0.2, 0.25) is 0 Å². The molecule has 1 aromatic heterocycles. The molecule has 2 heterocycles. The molecule has 1 fully saturated rings. The minimum atomic E-state index is -0.485. The van der Waals surface area contributed by atoms with Crippen molar-refractivity contribution >= 4 is 24.8 Å². The third-order valence-corrected chi connectivity index (χ3v) is 3.95. The molecule has 2 rings (SSSR count). The van der Waals surface area contributed by atoms with Gasteiger partial charge in [0.25, 0.3) is 0 Å². The first-order valence-electron chi connectivity index (χ1n) is 6.14. The van der Waals surface area contributed by atoms with Crippen molar-refractivity contribution in [3.05, 3.63) is 39.2 Å². The zero-order valence-corrected chi connectivity index (χ0v) is 12.2. The summed E-state index contributed by atoms with van der Waals surface area (Å²) in [6.45, 7) is 7.90. The number of aromatic amines is 1. The molecule has 0 aliphatic carbocycles. The molecule has 1 aliphatic heterocycles. The topological polar surface area (TPSA) is 51.3 Å². The molecule has 0 radical (unpaired) electrons. The molecular formula is C13H17BClNO3. The van der Waals surface area contributed by atoms with Crippen molar-refractivity contribution in [1.29, 1.82) is 0 Å². The van der Waals surface area contributed by atoms with Gasteiger partial charge < -0.3 is 14.3 Å². The lowest BCUT2D eigenvalue weighted by molar-refractivity contribution is 0.00578. The Morgan fingerprint density at radius 2 is 1.84 bits per heavy atom. The fourth-order valence-electron chi connectivity index (χ4n) is 1.76. The van der Waals surface area contributed by atoms with Gasteiger partial charge in [0.05, 0.1) is 16.8 Å². The van der Waals surface area contributed by atoms with Crippen LogP contribution in [0.15, 0.2) is 23.0 Å². The van der Waals surface area contributed by atoms with E-state index in [0.717, 1.165) is 0 Å². The highest BCUT2D eigenvalue weighted by Crippen LogP contribution is 2.37.